The first-order chi connectivity index (χ1) is 11.9. The molecule has 1 aliphatic heterocycles. The molecule has 2 aromatic heterocycles. The van der Waals surface area contributed by atoms with Crippen molar-refractivity contribution >= 4 is 0 Å². The van der Waals surface area contributed by atoms with Gasteiger partial charge in [-0.25, -0.2) is 0 Å². The Morgan fingerprint density at radius 3 is 2.58 bits per heavy atom. The van der Waals surface area contributed by atoms with Gasteiger partial charge in [0, 0.05) is 24.9 Å². The van der Waals surface area contributed by atoms with Crippen LogP contribution in [0.15, 0.2) is 59.3 Å². The van der Waals surface area contributed by atoms with E-state index in [9.17, 15) is 0 Å². The molecular weight excluding hydrogens is 300 g/mol. The molecule has 24 heavy (non-hydrogen) atoms. The topological polar surface area (TPSA) is 55.1 Å². The molecule has 3 aromatic rings. The molecule has 5 nitrogen and oxygen atoms in total. The molecule has 1 aliphatic rings. The summed E-state index contributed by atoms with van der Waals surface area (Å²) >= 11 is 0. The third kappa shape index (κ3) is 3.36. The first-order valence-corrected chi connectivity index (χ1v) is 8.38. The predicted octanol–water partition coefficient (Wildman–Crippen LogP) is 3.51. The molecule has 1 aromatic carbocycles. The fourth-order valence-electron chi connectivity index (χ4n) is 3.19. The Bertz CT molecular complexity index is 764. The average molecular weight is 320 g/mol. The Morgan fingerprint density at radius 2 is 1.83 bits per heavy atom. The Morgan fingerprint density at radius 1 is 1.00 bits per heavy atom. The number of piperidine rings is 1. The van der Waals surface area contributed by atoms with Crippen molar-refractivity contribution in [2.45, 2.75) is 25.3 Å². The molecule has 5 heteroatoms. The molecule has 0 N–H and O–H groups in total. The number of benzene rings is 1. The third-order valence-electron chi connectivity index (χ3n) is 4.53. The van der Waals surface area contributed by atoms with Gasteiger partial charge in [-0.15, -0.1) is 10.2 Å². The van der Waals surface area contributed by atoms with Crippen molar-refractivity contribution in [2.75, 3.05) is 13.1 Å². The number of rotatable bonds is 4. The molecule has 1 saturated heterocycles. The summed E-state index contributed by atoms with van der Waals surface area (Å²) in [5.41, 5.74) is 2.24. The molecule has 0 spiro atoms. The molecule has 122 valence electrons. The minimum Gasteiger partial charge on any atom is -0.420 e. The van der Waals surface area contributed by atoms with Gasteiger partial charge in [0.2, 0.25) is 11.8 Å². The lowest BCUT2D eigenvalue weighted by Gasteiger charge is -2.30. The van der Waals surface area contributed by atoms with Crippen LogP contribution in [0.4, 0.5) is 0 Å². The second-order valence-electron chi connectivity index (χ2n) is 6.22. The van der Waals surface area contributed by atoms with Gasteiger partial charge >= 0.3 is 0 Å². The van der Waals surface area contributed by atoms with Gasteiger partial charge in [0.05, 0.1) is 5.56 Å². The molecule has 0 radical (unpaired) electrons. The SMILES string of the molecule is c1ccc(CN2CCC(c3nnc(-c4cccnc4)o3)CC2)cc1. The zero-order chi connectivity index (χ0) is 16.2. The van der Waals surface area contributed by atoms with Crippen LogP contribution in [0.5, 0.6) is 0 Å². The van der Waals surface area contributed by atoms with Crippen LogP contribution < -0.4 is 0 Å². The summed E-state index contributed by atoms with van der Waals surface area (Å²) in [7, 11) is 0. The number of likely N-dealkylation sites (tertiary alicyclic amines) is 1. The third-order valence-corrected chi connectivity index (χ3v) is 4.53. The average Bonchev–Trinajstić information content (AvgIpc) is 3.14. The number of hydrogen-bond donors (Lipinski definition) is 0. The zero-order valence-corrected chi connectivity index (χ0v) is 13.5. The summed E-state index contributed by atoms with van der Waals surface area (Å²) < 4.78 is 5.88. The lowest BCUT2D eigenvalue weighted by molar-refractivity contribution is 0.193. The highest BCUT2D eigenvalue weighted by molar-refractivity contribution is 5.49. The molecule has 4 rings (SSSR count). The van der Waals surface area contributed by atoms with E-state index in [1.165, 1.54) is 5.56 Å². The molecule has 0 unspecified atom stereocenters. The van der Waals surface area contributed by atoms with Crippen molar-refractivity contribution in [1.82, 2.24) is 20.1 Å². The Labute approximate surface area is 141 Å². The van der Waals surface area contributed by atoms with Crippen LogP contribution >= 0.6 is 0 Å². The molecule has 0 aliphatic carbocycles. The number of nitrogens with zero attached hydrogens (tertiary/aromatic N) is 4. The van der Waals surface area contributed by atoms with Crippen molar-refractivity contribution < 1.29 is 4.42 Å². The van der Waals surface area contributed by atoms with Crippen LogP contribution in [0.25, 0.3) is 11.5 Å². The summed E-state index contributed by atoms with van der Waals surface area (Å²) in [4.78, 5) is 6.59. The van der Waals surface area contributed by atoms with E-state index in [2.05, 4.69) is 50.4 Å². The summed E-state index contributed by atoms with van der Waals surface area (Å²) in [6.45, 7) is 3.13. The van der Waals surface area contributed by atoms with E-state index in [0.717, 1.165) is 43.9 Å². The molecule has 1 fully saturated rings. The number of aromatic nitrogens is 3. The van der Waals surface area contributed by atoms with E-state index in [0.29, 0.717) is 11.8 Å². The molecule has 0 saturated carbocycles. The van der Waals surface area contributed by atoms with Crippen molar-refractivity contribution in [3.63, 3.8) is 0 Å². The van der Waals surface area contributed by atoms with E-state index >= 15 is 0 Å². The quantitative estimate of drug-likeness (QED) is 0.736. The Kier molecular flexibility index (Phi) is 4.34. The maximum Gasteiger partial charge on any atom is 0.249 e. The van der Waals surface area contributed by atoms with E-state index < -0.39 is 0 Å². The van der Waals surface area contributed by atoms with E-state index in [1.807, 2.05) is 12.1 Å². The highest BCUT2D eigenvalue weighted by atomic mass is 16.4. The van der Waals surface area contributed by atoms with Gasteiger partial charge in [-0.1, -0.05) is 30.3 Å². The number of hydrogen-bond acceptors (Lipinski definition) is 5. The minimum absolute atomic E-state index is 0.356. The predicted molar refractivity (Wildman–Crippen MR) is 91.2 cm³/mol. The van der Waals surface area contributed by atoms with Crippen LogP contribution in [0.2, 0.25) is 0 Å². The molecule has 3 heterocycles. The first kappa shape index (κ1) is 15.0. The number of pyridine rings is 1. The van der Waals surface area contributed by atoms with Crippen LogP contribution in [-0.4, -0.2) is 33.2 Å². The normalized spacial score (nSPS) is 16.3. The summed E-state index contributed by atoms with van der Waals surface area (Å²) in [5, 5.41) is 8.44. The maximum atomic E-state index is 5.88. The summed E-state index contributed by atoms with van der Waals surface area (Å²) in [5.74, 6) is 1.67. The molecule has 0 amide bonds. The van der Waals surface area contributed by atoms with Gasteiger partial charge in [0.25, 0.3) is 0 Å². The lowest BCUT2D eigenvalue weighted by atomic mass is 9.96. The van der Waals surface area contributed by atoms with Gasteiger partial charge in [-0.2, -0.15) is 0 Å². The largest absolute Gasteiger partial charge is 0.420 e. The van der Waals surface area contributed by atoms with Crippen LogP contribution in [0.1, 0.15) is 30.2 Å². The Hall–Kier alpha value is -2.53. The molecule has 0 atom stereocenters. The van der Waals surface area contributed by atoms with Crippen LogP contribution in [0.3, 0.4) is 0 Å². The van der Waals surface area contributed by atoms with Gasteiger partial charge in [0.1, 0.15) is 0 Å². The highest BCUT2D eigenvalue weighted by Gasteiger charge is 2.25. The van der Waals surface area contributed by atoms with Gasteiger partial charge in [-0.3, -0.25) is 9.88 Å². The van der Waals surface area contributed by atoms with Crippen molar-refractivity contribution in [1.29, 1.82) is 0 Å². The second-order valence-corrected chi connectivity index (χ2v) is 6.22. The van der Waals surface area contributed by atoms with E-state index in [1.54, 1.807) is 12.4 Å². The minimum atomic E-state index is 0.356. The van der Waals surface area contributed by atoms with Gasteiger partial charge in [0.15, 0.2) is 0 Å². The van der Waals surface area contributed by atoms with Crippen LogP contribution in [-0.2, 0) is 6.54 Å². The molecule has 0 bridgehead atoms. The maximum absolute atomic E-state index is 5.88. The fraction of sp³-hybridized carbons (Fsp3) is 0.316. The first-order valence-electron chi connectivity index (χ1n) is 8.38. The monoisotopic (exact) mass is 320 g/mol. The Balaban J connectivity index is 1.37. The lowest BCUT2D eigenvalue weighted by Crippen LogP contribution is -2.32. The highest BCUT2D eigenvalue weighted by Crippen LogP contribution is 2.29. The van der Waals surface area contributed by atoms with Crippen molar-refractivity contribution in [2.24, 2.45) is 0 Å². The van der Waals surface area contributed by atoms with Gasteiger partial charge < -0.3 is 4.42 Å². The van der Waals surface area contributed by atoms with Crippen molar-refractivity contribution in [3.05, 3.63) is 66.3 Å². The molecular formula is C19H20N4O. The zero-order valence-electron chi connectivity index (χ0n) is 13.5. The smallest absolute Gasteiger partial charge is 0.249 e. The van der Waals surface area contributed by atoms with Crippen molar-refractivity contribution in [3.8, 4) is 11.5 Å². The summed E-state index contributed by atoms with van der Waals surface area (Å²) in [6.07, 6.45) is 5.60. The van der Waals surface area contributed by atoms with Crippen LogP contribution in [0, 0.1) is 0 Å². The fourth-order valence-corrected chi connectivity index (χ4v) is 3.19. The van der Waals surface area contributed by atoms with Gasteiger partial charge in [-0.05, 0) is 43.6 Å². The van der Waals surface area contributed by atoms with E-state index in [-0.39, 0.29) is 0 Å². The second kappa shape index (κ2) is 6.93. The summed E-state index contributed by atoms with van der Waals surface area (Å²) in [6, 6.07) is 14.4. The van der Waals surface area contributed by atoms with E-state index in [4.69, 9.17) is 4.42 Å². The standard InChI is InChI=1S/C19H20N4O/c1-2-5-15(6-3-1)14-23-11-8-16(9-12-23)18-21-22-19(24-18)17-7-4-10-20-13-17/h1-7,10,13,16H,8-9,11-12,14H2.